The van der Waals surface area contributed by atoms with Crippen LogP contribution in [-0.2, 0) is 10.0 Å². The van der Waals surface area contributed by atoms with Crippen molar-refractivity contribution in [3.63, 3.8) is 0 Å². The quantitative estimate of drug-likeness (QED) is 0.656. The van der Waals surface area contributed by atoms with Crippen LogP contribution in [0.3, 0.4) is 0 Å². The van der Waals surface area contributed by atoms with Crippen LogP contribution in [0, 0.1) is 5.82 Å². The molecule has 0 amide bonds. The third-order valence-electron chi connectivity index (χ3n) is 2.01. The molecule has 0 fully saturated rings. The van der Waals surface area contributed by atoms with E-state index < -0.39 is 15.8 Å². The second-order valence-corrected chi connectivity index (χ2v) is 5.23. The molecule has 0 spiro atoms. The van der Waals surface area contributed by atoms with E-state index in [1.54, 1.807) is 0 Å². The number of nitrogen functional groups attached to an aromatic ring is 1. The predicted molar refractivity (Wildman–Crippen MR) is 62.1 cm³/mol. The van der Waals surface area contributed by atoms with Crippen LogP contribution in [-0.4, -0.2) is 27.8 Å². The lowest BCUT2D eigenvalue weighted by Crippen LogP contribution is -2.26. The van der Waals surface area contributed by atoms with Gasteiger partial charge in [-0.15, -0.1) is 0 Å². The van der Waals surface area contributed by atoms with Crippen molar-refractivity contribution >= 4 is 21.4 Å². The lowest BCUT2D eigenvalue weighted by Gasteiger charge is -2.09. The van der Waals surface area contributed by atoms with Gasteiger partial charge >= 0.3 is 0 Å². The van der Waals surface area contributed by atoms with E-state index in [1.165, 1.54) is 25.2 Å². The second-order valence-electron chi connectivity index (χ2n) is 3.18. The number of benzene rings is 1. The van der Waals surface area contributed by atoms with E-state index in [4.69, 9.17) is 5.73 Å². The Morgan fingerprint density at radius 2 is 2.12 bits per heavy atom. The second kappa shape index (κ2) is 5.13. The summed E-state index contributed by atoms with van der Waals surface area (Å²) in [5, 5.41) is 2.82. The number of hydrogen-bond donors (Lipinski definition) is 3. The molecule has 0 unspecified atom stereocenters. The first-order valence-electron chi connectivity index (χ1n) is 4.65. The van der Waals surface area contributed by atoms with Gasteiger partial charge < -0.3 is 11.1 Å². The highest BCUT2D eigenvalue weighted by atomic mass is 32.2. The van der Waals surface area contributed by atoms with Crippen LogP contribution in [0.2, 0.25) is 0 Å². The molecule has 90 valence electrons. The minimum Gasteiger partial charge on any atom is -0.397 e. The highest BCUT2D eigenvalue weighted by molar-refractivity contribution is 7.89. The summed E-state index contributed by atoms with van der Waals surface area (Å²) in [7, 11) is -1.89. The largest absolute Gasteiger partial charge is 0.397 e. The number of nitrogens with one attached hydrogen (secondary N) is 2. The first-order chi connectivity index (χ1) is 7.44. The zero-order valence-corrected chi connectivity index (χ0v) is 9.64. The Kier molecular flexibility index (Phi) is 4.08. The molecule has 16 heavy (non-hydrogen) atoms. The number of sulfonamides is 1. The molecule has 1 rings (SSSR count). The van der Waals surface area contributed by atoms with Gasteiger partial charge in [0.1, 0.15) is 5.82 Å². The number of hydrogen-bond acceptors (Lipinski definition) is 4. The Morgan fingerprint density at radius 3 is 2.69 bits per heavy atom. The Hall–Kier alpha value is -1.34. The standard InChI is InChI=1S/C9H14FN3O2S/c1-12-16(14,15)5-4-13-9-3-2-7(10)6-8(9)11/h2-3,6,12-13H,4-5,11H2,1H3. The minimum absolute atomic E-state index is 0.0691. The van der Waals surface area contributed by atoms with Gasteiger partial charge in [0.15, 0.2) is 0 Å². The van der Waals surface area contributed by atoms with Gasteiger partial charge in [-0.3, -0.25) is 0 Å². The molecule has 0 saturated carbocycles. The monoisotopic (exact) mass is 247 g/mol. The fraction of sp³-hybridized carbons (Fsp3) is 0.333. The molecule has 0 atom stereocenters. The molecule has 0 aliphatic heterocycles. The summed E-state index contributed by atoms with van der Waals surface area (Å²) < 4.78 is 37.1. The molecule has 0 radical (unpaired) electrons. The number of halogens is 1. The fourth-order valence-corrected chi connectivity index (χ4v) is 1.69. The molecule has 1 aromatic rings. The summed E-state index contributed by atoms with van der Waals surface area (Å²) in [5.74, 6) is -0.494. The topological polar surface area (TPSA) is 84.2 Å². The number of rotatable bonds is 5. The van der Waals surface area contributed by atoms with Crippen molar-refractivity contribution in [1.29, 1.82) is 0 Å². The van der Waals surface area contributed by atoms with E-state index in [-0.39, 0.29) is 18.0 Å². The third kappa shape index (κ3) is 3.67. The Morgan fingerprint density at radius 1 is 1.44 bits per heavy atom. The van der Waals surface area contributed by atoms with Crippen molar-refractivity contribution in [3.05, 3.63) is 24.0 Å². The lowest BCUT2D eigenvalue weighted by atomic mass is 10.2. The normalized spacial score (nSPS) is 11.4. The summed E-state index contributed by atoms with van der Waals surface area (Å²) in [4.78, 5) is 0. The molecular weight excluding hydrogens is 233 g/mol. The molecular formula is C9H14FN3O2S. The van der Waals surface area contributed by atoms with Crippen molar-refractivity contribution < 1.29 is 12.8 Å². The summed E-state index contributed by atoms with van der Waals surface area (Å²) in [6.07, 6.45) is 0. The number of anilines is 2. The van der Waals surface area contributed by atoms with Crippen LogP contribution < -0.4 is 15.8 Å². The molecule has 0 aliphatic carbocycles. The Bertz CT molecular complexity index is 462. The smallest absolute Gasteiger partial charge is 0.213 e. The van der Waals surface area contributed by atoms with Crippen LogP contribution in [0.25, 0.3) is 0 Å². The average molecular weight is 247 g/mol. The van der Waals surface area contributed by atoms with Gasteiger partial charge in [-0.2, -0.15) is 0 Å². The SMILES string of the molecule is CNS(=O)(=O)CCNc1ccc(F)cc1N. The van der Waals surface area contributed by atoms with Crippen molar-refractivity contribution in [2.75, 3.05) is 30.4 Å². The van der Waals surface area contributed by atoms with Gasteiger partial charge in [0.25, 0.3) is 0 Å². The van der Waals surface area contributed by atoms with Crippen LogP contribution in [0.5, 0.6) is 0 Å². The molecule has 0 aliphatic rings. The molecule has 1 aromatic carbocycles. The van der Waals surface area contributed by atoms with E-state index in [0.717, 1.165) is 0 Å². The average Bonchev–Trinajstić information content (AvgIpc) is 2.21. The molecule has 0 heterocycles. The maximum Gasteiger partial charge on any atom is 0.213 e. The van der Waals surface area contributed by atoms with Crippen LogP contribution in [0.1, 0.15) is 0 Å². The number of nitrogens with two attached hydrogens (primary N) is 1. The van der Waals surface area contributed by atoms with Crippen LogP contribution >= 0.6 is 0 Å². The van der Waals surface area contributed by atoms with Crippen molar-refractivity contribution in [2.24, 2.45) is 0 Å². The van der Waals surface area contributed by atoms with Gasteiger partial charge in [0.2, 0.25) is 10.0 Å². The van der Waals surface area contributed by atoms with Gasteiger partial charge in [-0.25, -0.2) is 17.5 Å². The highest BCUT2D eigenvalue weighted by Gasteiger charge is 2.06. The molecule has 5 nitrogen and oxygen atoms in total. The summed E-state index contributed by atoms with van der Waals surface area (Å²) in [6, 6.07) is 3.90. The zero-order valence-electron chi connectivity index (χ0n) is 8.83. The Balaban J connectivity index is 2.56. The minimum atomic E-state index is -3.24. The first kappa shape index (κ1) is 12.7. The van der Waals surface area contributed by atoms with Crippen molar-refractivity contribution in [1.82, 2.24) is 4.72 Å². The van der Waals surface area contributed by atoms with E-state index in [0.29, 0.717) is 5.69 Å². The highest BCUT2D eigenvalue weighted by Crippen LogP contribution is 2.18. The predicted octanol–water partition coefficient (Wildman–Crippen LogP) is 0.369. The first-order valence-corrected chi connectivity index (χ1v) is 6.30. The third-order valence-corrected chi connectivity index (χ3v) is 3.37. The summed E-state index contributed by atoms with van der Waals surface area (Å²) in [6.45, 7) is 0.207. The van der Waals surface area contributed by atoms with Gasteiger partial charge in [-0.05, 0) is 25.2 Å². The Labute approximate surface area is 93.9 Å². The maximum absolute atomic E-state index is 12.7. The molecule has 7 heteroatoms. The molecule has 0 bridgehead atoms. The van der Waals surface area contributed by atoms with Gasteiger partial charge in [0.05, 0.1) is 17.1 Å². The van der Waals surface area contributed by atoms with Crippen LogP contribution in [0.15, 0.2) is 18.2 Å². The van der Waals surface area contributed by atoms with Crippen molar-refractivity contribution in [2.45, 2.75) is 0 Å². The van der Waals surface area contributed by atoms with Gasteiger partial charge in [0, 0.05) is 6.54 Å². The summed E-state index contributed by atoms with van der Waals surface area (Å²) >= 11 is 0. The van der Waals surface area contributed by atoms with E-state index in [2.05, 4.69) is 10.0 Å². The zero-order chi connectivity index (χ0) is 12.2. The lowest BCUT2D eigenvalue weighted by molar-refractivity contribution is 0.588. The van der Waals surface area contributed by atoms with Crippen LogP contribution in [0.4, 0.5) is 15.8 Å². The van der Waals surface area contributed by atoms with Gasteiger partial charge in [-0.1, -0.05) is 0 Å². The molecule has 0 aromatic heterocycles. The van der Waals surface area contributed by atoms with E-state index in [9.17, 15) is 12.8 Å². The molecule has 0 saturated heterocycles. The fourth-order valence-electron chi connectivity index (χ4n) is 1.12. The maximum atomic E-state index is 12.7. The van der Waals surface area contributed by atoms with E-state index in [1.807, 2.05) is 0 Å². The van der Waals surface area contributed by atoms with Crippen molar-refractivity contribution in [3.8, 4) is 0 Å². The summed E-state index contributed by atoms with van der Waals surface area (Å²) in [5.41, 5.74) is 6.31. The molecule has 4 N–H and O–H groups in total. The van der Waals surface area contributed by atoms with E-state index >= 15 is 0 Å².